The van der Waals surface area contributed by atoms with Crippen molar-refractivity contribution in [2.75, 3.05) is 13.2 Å². The van der Waals surface area contributed by atoms with Crippen molar-refractivity contribution < 1.29 is 24.5 Å². The van der Waals surface area contributed by atoms with E-state index in [1.54, 1.807) is 0 Å². The van der Waals surface area contributed by atoms with Crippen LogP contribution >= 0.6 is 0 Å². The molecule has 0 aromatic rings. The number of carbonyl (C=O) groups excluding carboxylic acids is 2. The molecule has 0 aromatic carbocycles. The van der Waals surface area contributed by atoms with Gasteiger partial charge in [0.05, 0.1) is 25.4 Å². The maximum atomic E-state index is 12.5. The molecule has 0 spiro atoms. The normalized spacial score (nSPS) is 12.8. The molecule has 6 nitrogen and oxygen atoms in total. The lowest BCUT2D eigenvalue weighted by molar-refractivity contribution is -0.143. The van der Waals surface area contributed by atoms with Gasteiger partial charge in [0.25, 0.3) is 0 Å². The zero-order valence-corrected chi connectivity index (χ0v) is 49.1. The number of carbonyl (C=O) groups is 2. The third-order valence-electron chi connectivity index (χ3n) is 15.2. The molecule has 0 aromatic heterocycles. The van der Waals surface area contributed by atoms with Gasteiger partial charge in [-0.05, 0) is 89.9 Å². The van der Waals surface area contributed by atoms with E-state index in [1.807, 2.05) is 0 Å². The molecule has 2 unspecified atom stereocenters. The first kappa shape index (κ1) is 71.1. The predicted octanol–water partition coefficient (Wildman–Crippen LogP) is 20.8. The van der Waals surface area contributed by atoms with Crippen molar-refractivity contribution in [3.8, 4) is 0 Å². The zero-order valence-electron chi connectivity index (χ0n) is 49.1. The largest absolute Gasteiger partial charge is 0.466 e. The minimum Gasteiger partial charge on any atom is -0.466 e. The molecule has 73 heavy (non-hydrogen) atoms. The number of ether oxygens (including phenoxy) is 1. The number of hydrogen-bond acceptors (Lipinski definition) is 5. The van der Waals surface area contributed by atoms with Crippen LogP contribution in [-0.4, -0.2) is 47.4 Å². The van der Waals surface area contributed by atoms with Crippen LogP contribution in [0.4, 0.5) is 0 Å². The number of nitrogens with one attached hydrogen (secondary N) is 1. The summed E-state index contributed by atoms with van der Waals surface area (Å²) in [6.07, 6.45) is 78.7. The van der Waals surface area contributed by atoms with Crippen LogP contribution in [0.15, 0.2) is 36.5 Å². The number of aliphatic hydroxyl groups is 2. The van der Waals surface area contributed by atoms with Gasteiger partial charge < -0.3 is 20.3 Å². The Labute approximate surface area is 455 Å². The third-order valence-corrected chi connectivity index (χ3v) is 15.2. The van der Waals surface area contributed by atoms with Gasteiger partial charge in [0.1, 0.15) is 0 Å². The smallest absolute Gasteiger partial charge is 0.305 e. The Bertz CT molecular complexity index is 1180. The van der Waals surface area contributed by atoms with E-state index in [4.69, 9.17) is 4.74 Å². The molecular weight excluding hydrogens is 899 g/mol. The van der Waals surface area contributed by atoms with Crippen molar-refractivity contribution in [3.63, 3.8) is 0 Å². The number of amides is 1. The van der Waals surface area contributed by atoms with Gasteiger partial charge in [0, 0.05) is 12.8 Å². The summed E-state index contributed by atoms with van der Waals surface area (Å²) in [5.41, 5.74) is 0. The number of rotatable bonds is 61. The van der Waals surface area contributed by atoms with Gasteiger partial charge in [-0.3, -0.25) is 9.59 Å². The van der Waals surface area contributed by atoms with Crippen LogP contribution < -0.4 is 5.32 Å². The van der Waals surface area contributed by atoms with Crippen LogP contribution in [0.2, 0.25) is 0 Å². The second-order valence-electron chi connectivity index (χ2n) is 22.4. The van der Waals surface area contributed by atoms with E-state index in [1.165, 1.54) is 238 Å². The summed E-state index contributed by atoms with van der Waals surface area (Å²) < 4.78 is 5.47. The van der Waals surface area contributed by atoms with Crippen molar-refractivity contribution in [1.82, 2.24) is 5.32 Å². The fourth-order valence-corrected chi connectivity index (χ4v) is 10.1. The SMILES string of the molecule is CCCCCCCC/C=C\CCCCCCCCCCCC(=O)OCCCCC/C=C\C/C=C\CCCCCCCCCC(=O)NC(CO)C(O)CCCCCCCCCCCCCCCCCCCCCC. The molecule has 0 radical (unpaired) electrons. The highest BCUT2D eigenvalue weighted by atomic mass is 16.5. The van der Waals surface area contributed by atoms with Crippen molar-refractivity contribution in [3.05, 3.63) is 36.5 Å². The number of esters is 1. The average molecular weight is 1030 g/mol. The topological polar surface area (TPSA) is 95.9 Å². The van der Waals surface area contributed by atoms with Crippen molar-refractivity contribution >= 4 is 11.9 Å². The van der Waals surface area contributed by atoms with E-state index >= 15 is 0 Å². The molecule has 2 atom stereocenters. The molecule has 6 heteroatoms. The van der Waals surface area contributed by atoms with Crippen LogP contribution in [0.25, 0.3) is 0 Å². The molecular formula is C67H127NO5. The fraction of sp³-hybridized carbons (Fsp3) is 0.881. The Morgan fingerprint density at radius 1 is 0.384 bits per heavy atom. The van der Waals surface area contributed by atoms with Crippen molar-refractivity contribution in [2.24, 2.45) is 0 Å². The second kappa shape index (κ2) is 62.6. The molecule has 3 N–H and O–H groups in total. The van der Waals surface area contributed by atoms with E-state index in [2.05, 4.69) is 55.6 Å². The van der Waals surface area contributed by atoms with Crippen LogP contribution in [0.1, 0.15) is 354 Å². The molecule has 0 saturated carbocycles. The highest BCUT2D eigenvalue weighted by Crippen LogP contribution is 2.18. The monoisotopic (exact) mass is 1030 g/mol. The lowest BCUT2D eigenvalue weighted by Gasteiger charge is -2.22. The molecule has 0 aliphatic rings. The highest BCUT2D eigenvalue weighted by molar-refractivity contribution is 5.76. The Morgan fingerprint density at radius 3 is 1.05 bits per heavy atom. The summed E-state index contributed by atoms with van der Waals surface area (Å²) in [4.78, 5) is 24.6. The summed E-state index contributed by atoms with van der Waals surface area (Å²) in [6, 6.07) is -0.555. The van der Waals surface area contributed by atoms with Crippen molar-refractivity contribution in [2.45, 2.75) is 366 Å². The van der Waals surface area contributed by atoms with E-state index in [0.29, 0.717) is 25.9 Å². The summed E-state index contributed by atoms with van der Waals surface area (Å²) in [5.74, 6) is -0.0636. The molecule has 1 amide bonds. The third kappa shape index (κ3) is 59.2. The summed E-state index contributed by atoms with van der Waals surface area (Å²) in [6.45, 7) is 4.93. The minimum atomic E-state index is -0.676. The van der Waals surface area contributed by atoms with Gasteiger partial charge in [-0.1, -0.05) is 288 Å². The Morgan fingerprint density at radius 2 is 0.685 bits per heavy atom. The fourth-order valence-electron chi connectivity index (χ4n) is 10.1. The van der Waals surface area contributed by atoms with E-state index in [-0.39, 0.29) is 18.5 Å². The number of unbranched alkanes of at least 4 members (excludes halogenated alkanes) is 44. The van der Waals surface area contributed by atoms with Crippen LogP contribution in [0.5, 0.6) is 0 Å². The quantitative estimate of drug-likeness (QED) is 0.0320. The Balaban J connectivity index is 3.47. The van der Waals surface area contributed by atoms with Crippen LogP contribution in [0, 0.1) is 0 Å². The van der Waals surface area contributed by atoms with Gasteiger partial charge >= 0.3 is 5.97 Å². The molecule has 0 fully saturated rings. The summed E-state index contributed by atoms with van der Waals surface area (Å²) in [5, 5.41) is 23.4. The van der Waals surface area contributed by atoms with Gasteiger partial charge in [-0.2, -0.15) is 0 Å². The van der Waals surface area contributed by atoms with Crippen LogP contribution in [0.3, 0.4) is 0 Å². The number of hydrogen-bond donors (Lipinski definition) is 3. The summed E-state index contributed by atoms with van der Waals surface area (Å²) in [7, 11) is 0. The molecule has 0 saturated heterocycles. The zero-order chi connectivity index (χ0) is 52.9. The van der Waals surface area contributed by atoms with E-state index in [0.717, 1.165) is 83.5 Å². The number of aliphatic hydroxyl groups excluding tert-OH is 2. The second-order valence-corrected chi connectivity index (χ2v) is 22.4. The first-order chi connectivity index (χ1) is 36.0. The lowest BCUT2D eigenvalue weighted by Crippen LogP contribution is -2.45. The minimum absolute atomic E-state index is 0.0153. The lowest BCUT2D eigenvalue weighted by atomic mass is 10.0. The van der Waals surface area contributed by atoms with Crippen molar-refractivity contribution in [1.29, 1.82) is 0 Å². The first-order valence-electron chi connectivity index (χ1n) is 32.7. The summed E-state index contributed by atoms with van der Waals surface area (Å²) >= 11 is 0. The predicted molar refractivity (Wildman–Crippen MR) is 319 cm³/mol. The molecule has 0 rings (SSSR count). The molecule has 0 aliphatic heterocycles. The van der Waals surface area contributed by atoms with Gasteiger partial charge in [-0.15, -0.1) is 0 Å². The van der Waals surface area contributed by atoms with E-state index in [9.17, 15) is 19.8 Å². The van der Waals surface area contributed by atoms with Crippen LogP contribution in [-0.2, 0) is 14.3 Å². The highest BCUT2D eigenvalue weighted by Gasteiger charge is 2.20. The number of allylic oxidation sites excluding steroid dienone is 6. The standard InChI is InChI=1S/C67H127NO5/c1-3-5-7-9-11-13-15-17-19-21-23-25-27-31-35-39-43-47-51-55-59-65(70)64(63-69)68-66(71)60-56-52-48-44-40-36-32-28-26-30-34-38-42-46-50-54-58-62-73-67(72)61-57-53-49-45-41-37-33-29-24-22-20-18-16-14-12-10-8-6-4-2/h18,20,26,30,38,42,64-65,69-70H,3-17,19,21-25,27-29,31-37,39-41,43-63H2,1-2H3,(H,68,71)/b20-18-,30-26-,42-38-. The van der Waals surface area contributed by atoms with Gasteiger partial charge in [-0.25, -0.2) is 0 Å². The Hall–Kier alpha value is -1.92. The van der Waals surface area contributed by atoms with E-state index < -0.39 is 12.1 Å². The average Bonchev–Trinajstić information content (AvgIpc) is 3.39. The molecule has 0 aliphatic carbocycles. The maximum absolute atomic E-state index is 12.5. The molecule has 0 heterocycles. The maximum Gasteiger partial charge on any atom is 0.305 e. The molecule has 0 bridgehead atoms. The van der Waals surface area contributed by atoms with Gasteiger partial charge in [0.15, 0.2) is 0 Å². The molecule has 430 valence electrons. The Kier molecular flexibility index (Phi) is 61.0. The van der Waals surface area contributed by atoms with Gasteiger partial charge in [0.2, 0.25) is 5.91 Å². The first-order valence-corrected chi connectivity index (χ1v) is 32.7.